The zero-order valence-corrected chi connectivity index (χ0v) is 13.8. The molecule has 2 nitrogen and oxygen atoms in total. The molecule has 0 aromatic heterocycles. The Hall–Kier alpha value is -0.860. The summed E-state index contributed by atoms with van der Waals surface area (Å²) >= 11 is 0. The third-order valence-electron chi connectivity index (χ3n) is 4.98. The Balaban J connectivity index is 2.34. The van der Waals surface area contributed by atoms with Crippen molar-refractivity contribution in [1.82, 2.24) is 0 Å². The van der Waals surface area contributed by atoms with Gasteiger partial charge in [0.15, 0.2) is 0 Å². The van der Waals surface area contributed by atoms with E-state index in [1.807, 2.05) is 13.8 Å². The van der Waals surface area contributed by atoms with Crippen LogP contribution in [0.1, 0.15) is 65.7 Å². The normalized spacial score (nSPS) is 31.5. The van der Waals surface area contributed by atoms with Gasteiger partial charge in [-0.2, -0.15) is 0 Å². The van der Waals surface area contributed by atoms with Crippen LogP contribution in [-0.2, 0) is 0 Å². The lowest BCUT2D eigenvalue weighted by molar-refractivity contribution is 0.112. The lowest BCUT2D eigenvalue weighted by atomic mass is 9.85. The van der Waals surface area contributed by atoms with Gasteiger partial charge in [0.25, 0.3) is 0 Å². The van der Waals surface area contributed by atoms with Gasteiger partial charge in [-0.3, -0.25) is 0 Å². The summed E-state index contributed by atoms with van der Waals surface area (Å²) in [6.45, 7) is 9.97. The van der Waals surface area contributed by atoms with Gasteiger partial charge in [0.05, 0.1) is 11.7 Å². The Bertz CT molecular complexity index is 462. The Labute approximate surface area is 129 Å². The number of aliphatic hydroxyl groups is 2. The number of allylic oxidation sites excluding steroid dienone is 2. The van der Waals surface area contributed by atoms with Crippen LogP contribution in [-0.4, -0.2) is 21.9 Å². The van der Waals surface area contributed by atoms with E-state index in [0.29, 0.717) is 12.3 Å². The second-order valence-electron chi connectivity index (χ2n) is 7.33. The summed E-state index contributed by atoms with van der Waals surface area (Å²) in [5.41, 5.74) is 3.92. The van der Waals surface area contributed by atoms with E-state index in [1.54, 1.807) is 0 Å². The molecule has 0 amide bonds. The largest absolute Gasteiger partial charge is 0.388 e. The third kappa shape index (κ3) is 4.08. The van der Waals surface area contributed by atoms with Crippen LogP contribution in [0.15, 0.2) is 34.9 Å². The summed E-state index contributed by atoms with van der Waals surface area (Å²) in [5.74, 6) is 0.407. The van der Waals surface area contributed by atoms with Gasteiger partial charge in [-0.25, -0.2) is 0 Å². The van der Waals surface area contributed by atoms with Crippen LogP contribution < -0.4 is 0 Å². The summed E-state index contributed by atoms with van der Waals surface area (Å²) in [5, 5.41) is 21.2. The molecule has 0 saturated carbocycles. The molecule has 0 radical (unpaired) electrons. The predicted octanol–water partition coefficient (Wildman–Crippen LogP) is 4.29. The summed E-state index contributed by atoms with van der Waals surface area (Å²) in [4.78, 5) is 0. The second kappa shape index (κ2) is 6.50. The minimum absolute atomic E-state index is 0.407. The van der Waals surface area contributed by atoms with Crippen molar-refractivity contribution in [3.05, 3.63) is 34.9 Å². The first kappa shape index (κ1) is 16.5. The van der Waals surface area contributed by atoms with Crippen LogP contribution in [0, 0.1) is 5.92 Å². The first-order valence-electron chi connectivity index (χ1n) is 8.25. The van der Waals surface area contributed by atoms with E-state index in [4.69, 9.17) is 0 Å². The Morgan fingerprint density at radius 3 is 2.52 bits per heavy atom. The van der Waals surface area contributed by atoms with Crippen molar-refractivity contribution < 1.29 is 10.2 Å². The smallest absolute Gasteiger partial charge is 0.0804 e. The van der Waals surface area contributed by atoms with Gasteiger partial charge in [0, 0.05) is 0 Å². The molecule has 0 saturated heterocycles. The zero-order chi connectivity index (χ0) is 15.6. The van der Waals surface area contributed by atoms with Gasteiger partial charge in [0.1, 0.15) is 0 Å². The van der Waals surface area contributed by atoms with Crippen LogP contribution in [0.5, 0.6) is 0 Å². The molecule has 2 N–H and O–H groups in total. The monoisotopic (exact) mass is 290 g/mol. The van der Waals surface area contributed by atoms with E-state index in [0.717, 1.165) is 49.7 Å². The van der Waals surface area contributed by atoms with Gasteiger partial charge < -0.3 is 10.2 Å². The fourth-order valence-electron chi connectivity index (χ4n) is 3.82. The van der Waals surface area contributed by atoms with Crippen molar-refractivity contribution in [2.24, 2.45) is 5.92 Å². The number of hydrogen-bond donors (Lipinski definition) is 2. The average Bonchev–Trinajstić information content (AvgIpc) is 2.78. The van der Waals surface area contributed by atoms with E-state index in [1.165, 1.54) is 11.1 Å². The Morgan fingerprint density at radius 1 is 1.19 bits per heavy atom. The minimum atomic E-state index is -0.820. The molecular weight excluding hydrogens is 260 g/mol. The SMILES string of the molecule is C=C1CC/C=C(\C)C[C@@H](O)C2=C(C(C)(C)O)CCC2CC1. The van der Waals surface area contributed by atoms with Crippen molar-refractivity contribution in [3.63, 3.8) is 0 Å². The van der Waals surface area contributed by atoms with E-state index >= 15 is 0 Å². The van der Waals surface area contributed by atoms with Crippen LogP contribution >= 0.6 is 0 Å². The number of hydrogen-bond acceptors (Lipinski definition) is 2. The topological polar surface area (TPSA) is 40.5 Å². The van der Waals surface area contributed by atoms with Crippen LogP contribution in [0.4, 0.5) is 0 Å². The maximum absolute atomic E-state index is 10.7. The molecule has 2 aliphatic rings. The molecule has 0 aromatic carbocycles. The lowest BCUT2D eigenvalue weighted by Crippen LogP contribution is -2.26. The molecule has 2 rings (SSSR count). The number of fused-ring (bicyclic) bond motifs is 1. The molecule has 2 atom stereocenters. The number of aliphatic hydroxyl groups excluding tert-OH is 1. The van der Waals surface area contributed by atoms with Crippen LogP contribution in [0.3, 0.4) is 0 Å². The highest BCUT2D eigenvalue weighted by Gasteiger charge is 2.35. The van der Waals surface area contributed by atoms with E-state index in [2.05, 4.69) is 19.6 Å². The predicted molar refractivity (Wildman–Crippen MR) is 88.0 cm³/mol. The van der Waals surface area contributed by atoms with Gasteiger partial charge >= 0.3 is 0 Å². The summed E-state index contributed by atoms with van der Waals surface area (Å²) < 4.78 is 0. The van der Waals surface area contributed by atoms with E-state index in [9.17, 15) is 10.2 Å². The number of rotatable bonds is 1. The summed E-state index contributed by atoms with van der Waals surface area (Å²) in [6, 6.07) is 0. The molecule has 21 heavy (non-hydrogen) atoms. The second-order valence-corrected chi connectivity index (χ2v) is 7.33. The van der Waals surface area contributed by atoms with Crippen LogP contribution in [0.25, 0.3) is 0 Å². The molecule has 0 aliphatic heterocycles. The summed E-state index contributed by atoms with van der Waals surface area (Å²) in [7, 11) is 0. The highest BCUT2D eigenvalue weighted by atomic mass is 16.3. The van der Waals surface area contributed by atoms with Gasteiger partial charge in [0.2, 0.25) is 0 Å². The van der Waals surface area contributed by atoms with Crippen molar-refractivity contribution in [2.75, 3.05) is 0 Å². The Morgan fingerprint density at radius 2 is 1.86 bits per heavy atom. The minimum Gasteiger partial charge on any atom is -0.388 e. The van der Waals surface area contributed by atoms with Crippen molar-refractivity contribution in [3.8, 4) is 0 Å². The third-order valence-corrected chi connectivity index (χ3v) is 4.98. The van der Waals surface area contributed by atoms with Crippen molar-refractivity contribution in [2.45, 2.75) is 77.4 Å². The zero-order valence-electron chi connectivity index (χ0n) is 13.8. The highest BCUT2D eigenvalue weighted by Crippen LogP contribution is 2.43. The molecule has 2 heteroatoms. The molecule has 2 aliphatic carbocycles. The van der Waals surface area contributed by atoms with Crippen molar-refractivity contribution in [1.29, 1.82) is 0 Å². The van der Waals surface area contributed by atoms with Crippen molar-refractivity contribution >= 4 is 0 Å². The first-order valence-corrected chi connectivity index (χ1v) is 8.25. The molecule has 0 fully saturated rings. The molecule has 0 bridgehead atoms. The fourth-order valence-corrected chi connectivity index (χ4v) is 3.82. The molecular formula is C19H30O2. The maximum Gasteiger partial charge on any atom is 0.0804 e. The van der Waals surface area contributed by atoms with Crippen LogP contribution in [0.2, 0.25) is 0 Å². The Kier molecular flexibility index (Phi) is 5.11. The van der Waals surface area contributed by atoms with Gasteiger partial charge in [-0.15, -0.1) is 0 Å². The van der Waals surface area contributed by atoms with E-state index < -0.39 is 11.7 Å². The van der Waals surface area contributed by atoms with Gasteiger partial charge in [-0.1, -0.05) is 23.8 Å². The maximum atomic E-state index is 10.7. The average molecular weight is 290 g/mol. The van der Waals surface area contributed by atoms with Gasteiger partial charge in [-0.05, 0) is 82.8 Å². The molecule has 0 heterocycles. The standard InChI is InChI=1S/C19H30O2/c1-13-6-5-7-14(2)12-17(20)18-15(9-8-13)10-11-16(18)19(3,4)21/h7,15,17,20-21H,1,5-6,8-12H2,2-4H3/b14-7+/t15?,17-/m1/s1. The highest BCUT2D eigenvalue weighted by molar-refractivity contribution is 5.33. The van der Waals surface area contributed by atoms with E-state index in [-0.39, 0.29) is 0 Å². The quantitative estimate of drug-likeness (QED) is 0.707. The molecule has 0 spiro atoms. The summed E-state index contributed by atoms with van der Waals surface area (Å²) in [6.07, 6.45) is 8.62. The molecule has 118 valence electrons. The molecule has 1 unspecified atom stereocenters. The molecule has 0 aromatic rings. The lowest BCUT2D eigenvalue weighted by Gasteiger charge is -2.26. The first-order chi connectivity index (χ1) is 9.79. The fraction of sp³-hybridized carbons (Fsp3) is 0.684.